The van der Waals surface area contributed by atoms with Crippen molar-refractivity contribution in [1.82, 2.24) is 5.32 Å². The predicted octanol–water partition coefficient (Wildman–Crippen LogP) is 5.14. The molecule has 5 heteroatoms. The molecule has 0 spiro atoms. The zero-order chi connectivity index (χ0) is 15.5. The third kappa shape index (κ3) is 3.87. The van der Waals surface area contributed by atoms with Gasteiger partial charge < -0.3 is 5.32 Å². The minimum Gasteiger partial charge on any atom is -0.342 e. The number of carbonyl (C=O) groups is 1. The van der Waals surface area contributed by atoms with Gasteiger partial charge in [0.15, 0.2) is 0 Å². The average Bonchev–Trinajstić information content (AvgIpc) is 2.50. The van der Waals surface area contributed by atoms with E-state index in [-0.39, 0.29) is 5.91 Å². The Bertz CT molecular complexity index is 648. The van der Waals surface area contributed by atoms with E-state index in [2.05, 4.69) is 37.2 Å². The van der Waals surface area contributed by atoms with Crippen molar-refractivity contribution in [3.63, 3.8) is 0 Å². The van der Waals surface area contributed by atoms with Gasteiger partial charge in [0.2, 0.25) is 0 Å². The van der Waals surface area contributed by atoms with Crippen LogP contribution in [0.1, 0.15) is 22.8 Å². The van der Waals surface area contributed by atoms with Crippen molar-refractivity contribution < 1.29 is 4.79 Å². The van der Waals surface area contributed by atoms with Gasteiger partial charge in [-0.2, -0.15) is 0 Å². The Hall–Kier alpha value is -0.840. The first-order valence-corrected chi connectivity index (χ1v) is 8.64. The van der Waals surface area contributed by atoms with Crippen LogP contribution in [-0.2, 0) is 5.54 Å². The highest BCUT2D eigenvalue weighted by Gasteiger charge is 2.28. The second-order valence-corrected chi connectivity index (χ2v) is 6.79. The third-order valence-corrected chi connectivity index (χ3v) is 5.18. The number of carbonyl (C=O) groups excluding carboxylic acids is 1. The van der Waals surface area contributed by atoms with Gasteiger partial charge in [-0.25, -0.2) is 0 Å². The second-order valence-electron chi connectivity index (χ2n) is 4.91. The van der Waals surface area contributed by atoms with E-state index in [1.165, 1.54) is 0 Å². The summed E-state index contributed by atoms with van der Waals surface area (Å²) in [4.78, 5) is 12.5. The Morgan fingerprint density at radius 1 is 1.24 bits per heavy atom. The molecule has 1 unspecified atom stereocenters. The molecule has 0 aliphatic heterocycles. The van der Waals surface area contributed by atoms with Crippen molar-refractivity contribution in [3.05, 3.63) is 69.2 Å². The molecule has 1 amide bonds. The van der Waals surface area contributed by atoms with Crippen LogP contribution in [0, 0.1) is 0 Å². The molecule has 0 radical (unpaired) electrons. The normalized spacial score (nSPS) is 13.5. The van der Waals surface area contributed by atoms with E-state index >= 15 is 0 Å². The van der Waals surface area contributed by atoms with Gasteiger partial charge >= 0.3 is 0 Å². The molecule has 2 aromatic rings. The fraction of sp³-hybridized carbons (Fsp3) is 0.188. The first-order valence-electron chi connectivity index (χ1n) is 6.35. The average molecular weight is 432 g/mol. The van der Waals surface area contributed by atoms with Crippen LogP contribution < -0.4 is 5.32 Å². The second kappa shape index (κ2) is 6.95. The summed E-state index contributed by atoms with van der Waals surface area (Å²) in [5.74, 6) is -0.202. The topological polar surface area (TPSA) is 29.1 Å². The predicted molar refractivity (Wildman–Crippen MR) is 94.2 cm³/mol. The summed E-state index contributed by atoms with van der Waals surface area (Å²) >= 11 is 13.0. The number of nitrogens with one attached hydrogen (secondary N) is 1. The highest BCUT2D eigenvalue weighted by molar-refractivity contribution is 9.10. The van der Waals surface area contributed by atoms with Crippen LogP contribution in [0.15, 0.2) is 53.0 Å². The molecule has 2 aromatic carbocycles. The molecule has 2 nitrogen and oxygen atoms in total. The quantitative estimate of drug-likeness (QED) is 0.667. The van der Waals surface area contributed by atoms with Crippen molar-refractivity contribution in [2.45, 2.75) is 12.5 Å². The lowest BCUT2D eigenvalue weighted by molar-refractivity contribution is 0.0914. The highest BCUT2D eigenvalue weighted by atomic mass is 79.9. The number of hydrogen-bond donors (Lipinski definition) is 1. The van der Waals surface area contributed by atoms with Gasteiger partial charge in [0.05, 0.1) is 16.1 Å². The van der Waals surface area contributed by atoms with Crippen LogP contribution in [0.25, 0.3) is 0 Å². The van der Waals surface area contributed by atoms with Gasteiger partial charge in [0.1, 0.15) is 0 Å². The van der Waals surface area contributed by atoms with E-state index in [0.717, 1.165) is 10.0 Å². The van der Waals surface area contributed by atoms with E-state index < -0.39 is 5.54 Å². The molecule has 0 aliphatic carbocycles. The molecular formula is C16H14Br2ClNO. The van der Waals surface area contributed by atoms with Crippen molar-refractivity contribution in [2.75, 3.05) is 5.33 Å². The third-order valence-electron chi connectivity index (χ3n) is 3.24. The summed E-state index contributed by atoms with van der Waals surface area (Å²) < 4.78 is 0.817. The molecule has 110 valence electrons. The van der Waals surface area contributed by atoms with Gasteiger partial charge in [-0.05, 0) is 30.7 Å². The molecule has 0 saturated heterocycles. The van der Waals surface area contributed by atoms with Crippen molar-refractivity contribution in [2.24, 2.45) is 0 Å². The molecule has 1 atom stereocenters. The monoisotopic (exact) mass is 429 g/mol. The summed E-state index contributed by atoms with van der Waals surface area (Å²) in [5, 5.41) is 4.08. The zero-order valence-electron chi connectivity index (χ0n) is 11.4. The summed E-state index contributed by atoms with van der Waals surface area (Å²) in [6.07, 6.45) is 0. The van der Waals surface area contributed by atoms with E-state index in [1.54, 1.807) is 18.2 Å². The molecule has 21 heavy (non-hydrogen) atoms. The van der Waals surface area contributed by atoms with E-state index in [0.29, 0.717) is 15.9 Å². The minimum atomic E-state index is -0.510. The van der Waals surface area contributed by atoms with Crippen molar-refractivity contribution in [3.8, 4) is 0 Å². The number of alkyl halides is 1. The SMILES string of the molecule is CC(CBr)(NC(=O)c1cc(Br)ccc1Cl)c1ccccc1. The molecule has 0 saturated carbocycles. The standard InChI is InChI=1S/C16H14Br2ClNO/c1-16(10-17,11-5-3-2-4-6-11)20-15(21)13-9-12(18)7-8-14(13)19/h2-9H,10H2,1H3,(H,20,21). The van der Waals surface area contributed by atoms with Crippen molar-refractivity contribution >= 4 is 49.4 Å². The lowest BCUT2D eigenvalue weighted by Crippen LogP contribution is -2.45. The number of rotatable bonds is 4. The van der Waals surface area contributed by atoms with Crippen LogP contribution >= 0.6 is 43.5 Å². The fourth-order valence-electron chi connectivity index (χ4n) is 1.98. The van der Waals surface area contributed by atoms with Crippen LogP contribution in [0.2, 0.25) is 5.02 Å². The Morgan fingerprint density at radius 3 is 2.52 bits per heavy atom. The molecule has 2 rings (SSSR count). The smallest absolute Gasteiger partial charge is 0.253 e. The minimum absolute atomic E-state index is 0.202. The summed E-state index contributed by atoms with van der Waals surface area (Å²) in [6, 6.07) is 15.1. The maximum Gasteiger partial charge on any atom is 0.253 e. The Kier molecular flexibility index (Phi) is 5.47. The van der Waals surface area contributed by atoms with Gasteiger partial charge in [-0.3, -0.25) is 4.79 Å². The van der Waals surface area contributed by atoms with E-state index in [1.807, 2.05) is 37.3 Å². The molecule has 0 heterocycles. The number of halogens is 3. The van der Waals surface area contributed by atoms with E-state index in [4.69, 9.17) is 11.6 Å². The number of benzene rings is 2. The number of amides is 1. The molecule has 1 N–H and O–H groups in total. The maximum atomic E-state index is 12.5. The van der Waals surface area contributed by atoms with Crippen LogP contribution in [-0.4, -0.2) is 11.2 Å². The van der Waals surface area contributed by atoms with Crippen LogP contribution in [0.5, 0.6) is 0 Å². The lowest BCUT2D eigenvalue weighted by atomic mass is 9.94. The summed E-state index contributed by atoms with van der Waals surface area (Å²) in [6.45, 7) is 1.97. The van der Waals surface area contributed by atoms with E-state index in [9.17, 15) is 4.79 Å². The first-order chi connectivity index (χ1) is 9.96. The maximum absolute atomic E-state index is 12.5. The van der Waals surface area contributed by atoms with Gasteiger partial charge in [0, 0.05) is 9.80 Å². The molecule has 0 aromatic heterocycles. The van der Waals surface area contributed by atoms with Gasteiger partial charge in [-0.1, -0.05) is 73.8 Å². The Labute approximate surface area is 146 Å². The number of hydrogen-bond acceptors (Lipinski definition) is 1. The highest BCUT2D eigenvalue weighted by Crippen LogP contribution is 2.26. The van der Waals surface area contributed by atoms with Crippen LogP contribution in [0.3, 0.4) is 0 Å². The Morgan fingerprint density at radius 2 is 1.90 bits per heavy atom. The first kappa shape index (κ1) is 16.5. The lowest BCUT2D eigenvalue weighted by Gasteiger charge is -2.29. The molecular weight excluding hydrogens is 417 g/mol. The van der Waals surface area contributed by atoms with Crippen molar-refractivity contribution in [1.29, 1.82) is 0 Å². The molecule has 0 fully saturated rings. The molecule has 0 aliphatic rings. The van der Waals surface area contributed by atoms with Gasteiger partial charge in [-0.15, -0.1) is 0 Å². The Balaban J connectivity index is 2.30. The van der Waals surface area contributed by atoms with Gasteiger partial charge in [0.25, 0.3) is 5.91 Å². The fourth-order valence-corrected chi connectivity index (χ4v) is 3.01. The zero-order valence-corrected chi connectivity index (χ0v) is 15.3. The summed E-state index contributed by atoms with van der Waals surface area (Å²) in [7, 11) is 0. The summed E-state index contributed by atoms with van der Waals surface area (Å²) in [5.41, 5.74) is 0.972. The largest absolute Gasteiger partial charge is 0.342 e. The molecule has 0 bridgehead atoms. The van der Waals surface area contributed by atoms with Crippen LogP contribution in [0.4, 0.5) is 0 Å².